The minimum Gasteiger partial charge on any atom is -0.478 e. The zero-order chi connectivity index (χ0) is 20.9. The van der Waals surface area contributed by atoms with Crippen LogP contribution in [-0.4, -0.2) is 23.3 Å². The van der Waals surface area contributed by atoms with E-state index < -0.39 is 17.9 Å². The Morgan fingerprint density at radius 1 is 1.04 bits per heavy atom. The van der Waals surface area contributed by atoms with Crippen molar-refractivity contribution in [3.8, 4) is 5.75 Å². The lowest BCUT2D eigenvalue weighted by Gasteiger charge is -2.27. The number of amides is 1. The van der Waals surface area contributed by atoms with Crippen molar-refractivity contribution in [3.63, 3.8) is 0 Å². The molecule has 0 fully saturated rings. The standard InChI is InChI=1S/C20H20F3NO4/c1-19(2,14-8-10-15(11-9-14)28-20(21,22)23)24-17(25)12-7-13-5-3-4-6-16(13)18(26)27/h3-6,8-11H,7,12H2,1-2H3,(H,24,25)(H,26,27). The van der Waals surface area contributed by atoms with Crippen molar-refractivity contribution in [1.82, 2.24) is 5.32 Å². The predicted molar refractivity (Wildman–Crippen MR) is 96.0 cm³/mol. The van der Waals surface area contributed by atoms with Crippen LogP contribution in [0.4, 0.5) is 13.2 Å². The molecule has 8 heteroatoms. The van der Waals surface area contributed by atoms with Crippen LogP contribution >= 0.6 is 0 Å². The molecule has 0 aliphatic rings. The largest absolute Gasteiger partial charge is 0.573 e. The summed E-state index contributed by atoms with van der Waals surface area (Å²) < 4.78 is 40.5. The Morgan fingerprint density at radius 2 is 1.64 bits per heavy atom. The number of halogens is 3. The smallest absolute Gasteiger partial charge is 0.478 e. The highest BCUT2D eigenvalue weighted by atomic mass is 19.4. The second-order valence-corrected chi connectivity index (χ2v) is 6.71. The first-order valence-electron chi connectivity index (χ1n) is 8.46. The Balaban J connectivity index is 2.00. The summed E-state index contributed by atoms with van der Waals surface area (Å²) >= 11 is 0. The molecule has 0 saturated heterocycles. The summed E-state index contributed by atoms with van der Waals surface area (Å²) in [6.07, 6.45) is -4.44. The molecule has 0 aliphatic carbocycles. The van der Waals surface area contributed by atoms with Gasteiger partial charge >= 0.3 is 12.3 Å². The number of aryl methyl sites for hydroxylation is 1. The number of aromatic carboxylic acids is 1. The number of rotatable bonds is 7. The van der Waals surface area contributed by atoms with E-state index in [-0.39, 0.29) is 30.1 Å². The average molecular weight is 395 g/mol. The second-order valence-electron chi connectivity index (χ2n) is 6.71. The highest BCUT2D eigenvalue weighted by molar-refractivity contribution is 5.89. The Hall–Kier alpha value is -3.03. The molecular weight excluding hydrogens is 375 g/mol. The van der Waals surface area contributed by atoms with Crippen LogP contribution in [0.5, 0.6) is 5.75 Å². The van der Waals surface area contributed by atoms with Crippen molar-refractivity contribution >= 4 is 11.9 Å². The van der Waals surface area contributed by atoms with Gasteiger partial charge in [-0.15, -0.1) is 13.2 Å². The van der Waals surface area contributed by atoms with Gasteiger partial charge in [-0.1, -0.05) is 30.3 Å². The van der Waals surface area contributed by atoms with Crippen molar-refractivity contribution in [3.05, 3.63) is 65.2 Å². The molecule has 0 bridgehead atoms. The van der Waals surface area contributed by atoms with Gasteiger partial charge in [0.2, 0.25) is 5.91 Å². The number of carboxylic acids is 1. The summed E-state index contributed by atoms with van der Waals surface area (Å²) in [5, 5.41) is 12.0. The monoisotopic (exact) mass is 395 g/mol. The second kappa shape index (κ2) is 8.33. The van der Waals surface area contributed by atoms with E-state index in [9.17, 15) is 27.9 Å². The Morgan fingerprint density at radius 3 is 2.21 bits per heavy atom. The zero-order valence-electron chi connectivity index (χ0n) is 15.3. The third-order valence-corrected chi connectivity index (χ3v) is 4.13. The van der Waals surface area contributed by atoms with Crippen molar-refractivity contribution in [2.45, 2.75) is 38.6 Å². The normalized spacial score (nSPS) is 11.8. The topological polar surface area (TPSA) is 75.6 Å². The lowest BCUT2D eigenvalue weighted by atomic mass is 9.93. The SMILES string of the molecule is CC(C)(NC(=O)CCc1ccccc1C(=O)O)c1ccc(OC(F)(F)F)cc1. The minimum absolute atomic E-state index is 0.0724. The lowest BCUT2D eigenvalue weighted by molar-refractivity contribution is -0.274. The van der Waals surface area contributed by atoms with Gasteiger partial charge in [0.15, 0.2) is 0 Å². The Labute approximate surface area is 160 Å². The van der Waals surface area contributed by atoms with E-state index in [1.54, 1.807) is 32.0 Å². The van der Waals surface area contributed by atoms with Crippen LogP contribution < -0.4 is 10.1 Å². The predicted octanol–water partition coefficient (Wildman–Crippen LogP) is 4.27. The van der Waals surface area contributed by atoms with Crippen LogP contribution in [0.3, 0.4) is 0 Å². The van der Waals surface area contributed by atoms with Crippen molar-refractivity contribution in [2.75, 3.05) is 0 Å². The molecule has 2 aromatic carbocycles. The number of benzene rings is 2. The molecule has 28 heavy (non-hydrogen) atoms. The van der Waals surface area contributed by atoms with Gasteiger partial charge in [0.1, 0.15) is 5.75 Å². The van der Waals surface area contributed by atoms with E-state index in [1.165, 1.54) is 30.3 Å². The molecule has 0 aliphatic heterocycles. The fraction of sp³-hybridized carbons (Fsp3) is 0.300. The van der Waals surface area contributed by atoms with Crippen LogP contribution in [0, 0.1) is 0 Å². The number of hydrogen-bond acceptors (Lipinski definition) is 3. The summed E-state index contributed by atoms with van der Waals surface area (Å²) in [4.78, 5) is 23.5. The molecule has 0 aromatic heterocycles. The molecule has 0 heterocycles. The average Bonchev–Trinajstić information content (AvgIpc) is 2.59. The van der Waals surface area contributed by atoms with E-state index in [4.69, 9.17) is 0 Å². The molecule has 2 N–H and O–H groups in total. The summed E-state index contributed by atoms with van der Waals surface area (Å²) in [5.74, 6) is -1.71. The summed E-state index contributed by atoms with van der Waals surface area (Å²) in [7, 11) is 0. The fourth-order valence-corrected chi connectivity index (χ4v) is 2.75. The maximum Gasteiger partial charge on any atom is 0.573 e. The van der Waals surface area contributed by atoms with Crippen LogP contribution in [0.2, 0.25) is 0 Å². The molecule has 0 spiro atoms. The number of carboxylic acid groups (broad SMARTS) is 1. The molecule has 1 amide bonds. The van der Waals surface area contributed by atoms with E-state index in [0.29, 0.717) is 11.1 Å². The van der Waals surface area contributed by atoms with Crippen LogP contribution in [0.15, 0.2) is 48.5 Å². The summed E-state index contributed by atoms with van der Waals surface area (Å²) in [6.45, 7) is 3.44. The number of hydrogen-bond donors (Lipinski definition) is 2. The van der Waals surface area contributed by atoms with Gasteiger partial charge in [-0.25, -0.2) is 4.79 Å². The third kappa shape index (κ3) is 6.00. The van der Waals surface area contributed by atoms with E-state index >= 15 is 0 Å². The minimum atomic E-state index is -4.77. The molecule has 2 aromatic rings. The molecule has 150 valence electrons. The van der Waals surface area contributed by atoms with Crippen molar-refractivity contribution in [2.24, 2.45) is 0 Å². The van der Waals surface area contributed by atoms with Gasteiger partial charge in [0, 0.05) is 6.42 Å². The van der Waals surface area contributed by atoms with Crippen molar-refractivity contribution < 1.29 is 32.6 Å². The Bertz CT molecular complexity index is 845. The van der Waals surface area contributed by atoms with Crippen LogP contribution in [-0.2, 0) is 16.8 Å². The van der Waals surface area contributed by atoms with Crippen LogP contribution in [0.1, 0.15) is 41.8 Å². The highest BCUT2D eigenvalue weighted by Crippen LogP contribution is 2.26. The molecule has 0 saturated carbocycles. The van der Waals surface area contributed by atoms with Gasteiger partial charge < -0.3 is 15.2 Å². The molecule has 0 radical (unpaired) electrons. The third-order valence-electron chi connectivity index (χ3n) is 4.13. The zero-order valence-corrected chi connectivity index (χ0v) is 15.3. The van der Waals surface area contributed by atoms with Crippen molar-refractivity contribution in [1.29, 1.82) is 0 Å². The summed E-state index contributed by atoms with van der Waals surface area (Å²) in [6, 6.07) is 11.7. The fourth-order valence-electron chi connectivity index (χ4n) is 2.75. The first-order valence-corrected chi connectivity index (χ1v) is 8.46. The van der Waals surface area contributed by atoms with Gasteiger partial charge in [0.25, 0.3) is 0 Å². The molecular formula is C20H20F3NO4. The van der Waals surface area contributed by atoms with Gasteiger partial charge in [-0.3, -0.25) is 4.79 Å². The number of alkyl halides is 3. The highest BCUT2D eigenvalue weighted by Gasteiger charge is 2.31. The van der Waals surface area contributed by atoms with E-state index in [1.807, 2.05) is 0 Å². The number of nitrogens with one attached hydrogen (secondary N) is 1. The first-order chi connectivity index (χ1) is 13.0. The molecule has 5 nitrogen and oxygen atoms in total. The summed E-state index contributed by atoms with van der Waals surface area (Å²) in [5.41, 5.74) is 0.466. The first kappa shape index (κ1) is 21.3. The molecule has 2 rings (SSSR count). The number of ether oxygens (including phenoxy) is 1. The van der Waals surface area contributed by atoms with Gasteiger partial charge in [0.05, 0.1) is 11.1 Å². The molecule has 0 unspecified atom stereocenters. The number of carbonyl (C=O) groups is 2. The quantitative estimate of drug-likeness (QED) is 0.734. The van der Waals surface area contributed by atoms with E-state index in [0.717, 1.165) is 0 Å². The maximum atomic E-state index is 12.3. The van der Waals surface area contributed by atoms with Gasteiger partial charge in [-0.05, 0) is 49.6 Å². The Kier molecular flexibility index (Phi) is 6.33. The maximum absolute atomic E-state index is 12.3. The van der Waals surface area contributed by atoms with Gasteiger partial charge in [-0.2, -0.15) is 0 Å². The van der Waals surface area contributed by atoms with Crippen LogP contribution in [0.25, 0.3) is 0 Å². The van der Waals surface area contributed by atoms with E-state index in [2.05, 4.69) is 10.1 Å². The lowest BCUT2D eigenvalue weighted by Crippen LogP contribution is -2.41. The molecule has 0 atom stereocenters. The number of carbonyl (C=O) groups excluding carboxylic acids is 1.